The Morgan fingerprint density at radius 2 is 1.43 bits per heavy atom. The molecule has 1 aliphatic rings. The van der Waals surface area contributed by atoms with Crippen molar-refractivity contribution in [2.45, 2.75) is 85.8 Å². The van der Waals surface area contributed by atoms with E-state index in [0.29, 0.717) is 6.04 Å². The summed E-state index contributed by atoms with van der Waals surface area (Å²) >= 11 is 0. The first-order valence-corrected chi connectivity index (χ1v) is 9.23. The number of hydrogen-bond acceptors (Lipinski definition) is 2. The van der Waals surface area contributed by atoms with Crippen LogP contribution in [0.3, 0.4) is 0 Å². The van der Waals surface area contributed by atoms with Crippen LogP contribution in [0.1, 0.15) is 73.6 Å². The second-order valence-corrected chi connectivity index (χ2v) is 8.35. The summed E-state index contributed by atoms with van der Waals surface area (Å²) in [5.41, 5.74) is 0. The minimum atomic E-state index is -0.112. The minimum Gasteiger partial charge on any atom is -0.391 e. The lowest BCUT2D eigenvalue weighted by Gasteiger charge is -2.42. The maximum absolute atomic E-state index is 10.5. The average molecular weight is 298 g/mol. The largest absolute Gasteiger partial charge is 0.391 e. The van der Waals surface area contributed by atoms with Gasteiger partial charge in [-0.2, -0.15) is 0 Å². The number of hydrogen-bond donors (Lipinski definition) is 1. The molecule has 0 heterocycles. The van der Waals surface area contributed by atoms with Crippen LogP contribution < -0.4 is 0 Å². The zero-order valence-electron chi connectivity index (χ0n) is 15.3. The number of rotatable bonds is 8. The van der Waals surface area contributed by atoms with Gasteiger partial charge in [-0.1, -0.05) is 41.5 Å². The van der Waals surface area contributed by atoms with Gasteiger partial charge >= 0.3 is 0 Å². The van der Waals surface area contributed by atoms with E-state index in [1.807, 2.05) is 0 Å². The summed E-state index contributed by atoms with van der Waals surface area (Å²) in [7, 11) is 0. The van der Waals surface area contributed by atoms with Crippen molar-refractivity contribution in [1.29, 1.82) is 0 Å². The summed E-state index contributed by atoms with van der Waals surface area (Å²) in [6.07, 6.45) is 5.76. The van der Waals surface area contributed by atoms with Gasteiger partial charge in [0.2, 0.25) is 0 Å². The molecule has 0 aromatic heterocycles. The predicted molar refractivity (Wildman–Crippen MR) is 92.5 cm³/mol. The highest BCUT2D eigenvalue weighted by atomic mass is 16.3. The maximum atomic E-state index is 10.5. The molecule has 0 aliphatic heterocycles. The van der Waals surface area contributed by atoms with Gasteiger partial charge in [0.25, 0.3) is 0 Å². The summed E-state index contributed by atoms with van der Waals surface area (Å²) in [5.74, 6) is 3.03. The first-order chi connectivity index (χ1) is 9.81. The average Bonchev–Trinajstić information content (AvgIpc) is 2.39. The highest BCUT2D eigenvalue weighted by Gasteiger charge is 2.34. The fourth-order valence-corrected chi connectivity index (χ4v) is 3.45. The standard InChI is InChI=1S/C19H39NO/c1-14(2)9-11-20(12-10-15(3)4)18-13-17(16(5)6)7-8-19(18)21/h14-19,21H,7-13H2,1-6H3. The topological polar surface area (TPSA) is 23.5 Å². The maximum Gasteiger partial charge on any atom is 0.0695 e. The van der Waals surface area contributed by atoms with Crippen LogP contribution >= 0.6 is 0 Å². The summed E-state index contributed by atoms with van der Waals surface area (Å²) in [6, 6.07) is 0.392. The minimum absolute atomic E-state index is 0.112. The fraction of sp³-hybridized carbons (Fsp3) is 1.00. The molecule has 0 saturated heterocycles. The Morgan fingerprint density at radius 1 is 0.905 bits per heavy atom. The van der Waals surface area contributed by atoms with E-state index >= 15 is 0 Å². The van der Waals surface area contributed by atoms with Gasteiger partial charge in [-0.25, -0.2) is 0 Å². The monoisotopic (exact) mass is 297 g/mol. The summed E-state index contributed by atoms with van der Waals surface area (Å²) in [4.78, 5) is 2.61. The van der Waals surface area contributed by atoms with Crippen LogP contribution in [0.25, 0.3) is 0 Å². The Morgan fingerprint density at radius 3 is 1.86 bits per heavy atom. The molecule has 126 valence electrons. The van der Waals surface area contributed by atoms with Crippen molar-refractivity contribution in [3.63, 3.8) is 0 Å². The molecule has 1 saturated carbocycles. The lowest BCUT2D eigenvalue weighted by atomic mass is 9.77. The third kappa shape index (κ3) is 6.69. The molecule has 0 aromatic rings. The number of aliphatic hydroxyl groups is 1. The van der Waals surface area contributed by atoms with Crippen molar-refractivity contribution < 1.29 is 5.11 Å². The SMILES string of the molecule is CC(C)CCN(CCC(C)C)C1CC(C(C)C)CCC1O. The Kier molecular flexibility index (Phi) is 8.26. The molecule has 1 N–H and O–H groups in total. The first-order valence-electron chi connectivity index (χ1n) is 9.23. The highest BCUT2D eigenvalue weighted by Crippen LogP contribution is 2.33. The summed E-state index contributed by atoms with van der Waals surface area (Å²) < 4.78 is 0. The van der Waals surface area contributed by atoms with Crippen LogP contribution in [0.2, 0.25) is 0 Å². The molecule has 0 amide bonds. The van der Waals surface area contributed by atoms with Crippen molar-refractivity contribution in [2.24, 2.45) is 23.7 Å². The molecular weight excluding hydrogens is 258 g/mol. The van der Waals surface area contributed by atoms with Crippen molar-refractivity contribution in [1.82, 2.24) is 4.90 Å². The zero-order chi connectivity index (χ0) is 16.0. The van der Waals surface area contributed by atoms with Gasteiger partial charge in [-0.05, 0) is 68.9 Å². The fourth-order valence-electron chi connectivity index (χ4n) is 3.45. The van der Waals surface area contributed by atoms with Crippen LogP contribution in [-0.4, -0.2) is 35.2 Å². The third-order valence-electron chi connectivity index (χ3n) is 5.22. The molecule has 0 spiro atoms. The molecule has 0 bridgehead atoms. The lowest BCUT2D eigenvalue weighted by molar-refractivity contribution is -0.00776. The van der Waals surface area contributed by atoms with Crippen LogP contribution in [0, 0.1) is 23.7 Å². The van der Waals surface area contributed by atoms with E-state index in [2.05, 4.69) is 46.4 Å². The first kappa shape index (κ1) is 19.0. The van der Waals surface area contributed by atoms with E-state index in [9.17, 15) is 5.11 Å². The van der Waals surface area contributed by atoms with Crippen molar-refractivity contribution in [3.05, 3.63) is 0 Å². The Labute approximate surface area is 133 Å². The van der Waals surface area contributed by atoms with Crippen LogP contribution in [-0.2, 0) is 0 Å². The van der Waals surface area contributed by atoms with Gasteiger partial charge in [0.05, 0.1) is 6.10 Å². The van der Waals surface area contributed by atoms with Gasteiger partial charge in [-0.15, -0.1) is 0 Å². The van der Waals surface area contributed by atoms with E-state index in [4.69, 9.17) is 0 Å². The van der Waals surface area contributed by atoms with E-state index in [1.54, 1.807) is 0 Å². The Bertz CT molecular complexity index is 263. The Hall–Kier alpha value is -0.0800. The van der Waals surface area contributed by atoms with Crippen LogP contribution in [0.4, 0.5) is 0 Å². The normalized spacial score (nSPS) is 27.3. The molecule has 0 aromatic carbocycles. The number of nitrogens with zero attached hydrogens (tertiary/aromatic N) is 1. The predicted octanol–water partition coefficient (Wildman–Crippen LogP) is 4.57. The van der Waals surface area contributed by atoms with E-state index in [1.165, 1.54) is 25.7 Å². The molecule has 3 atom stereocenters. The van der Waals surface area contributed by atoms with E-state index < -0.39 is 0 Å². The highest BCUT2D eigenvalue weighted by molar-refractivity contribution is 4.88. The summed E-state index contributed by atoms with van der Waals surface area (Å²) in [5, 5.41) is 10.5. The van der Waals surface area contributed by atoms with Gasteiger partial charge < -0.3 is 5.11 Å². The van der Waals surface area contributed by atoms with Gasteiger partial charge in [-0.3, -0.25) is 4.90 Å². The molecular formula is C19H39NO. The van der Waals surface area contributed by atoms with Crippen molar-refractivity contribution in [2.75, 3.05) is 13.1 Å². The third-order valence-corrected chi connectivity index (χ3v) is 5.22. The van der Waals surface area contributed by atoms with Crippen LogP contribution in [0.5, 0.6) is 0 Å². The Balaban J connectivity index is 2.67. The molecule has 1 fully saturated rings. The zero-order valence-corrected chi connectivity index (χ0v) is 15.3. The van der Waals surface area contributed by atoms with Gasteiger partial charge in [0.1, 0.15) is 0 Å². The second kappa shape index (κ2) is 9.15. The van der Waals surface area contributed by atoms with E-state index in [0.717, 1.165) is 43.2 Å². The summed E-state index contributed by atoms with van der Waals surface area (Å²) in [6.45, 7) is 16.2. The quantitative estimate of drug-likeness (QED) is 0.709. The van der Waals surface area contributed by atoms with Crippen LogP contribution in [0.15, 0.2) is 0 Å². The van der Waals surface area contributed by atoms with Gasteiger partial charge in [0, 0.05) is 6.04 Å². The number of aliphatic hydroxyl groups excluding tert-OH is 1. The van der Waals surface area contributed by atoms with E-state index in [-0.39, 0.29) is 6.10 Å². The molecule has 3 unspecified atom stereocenters. The van der Waals surface area contributed by atoms with Gasteiger partial charge in [0.15, 0.2) is 0 Å². The van der Waals surface area contributed by atoms with Crippen molar-refractivity contribution >= 4 is 0 Å². The molecule has 1 aliphatic carbocycles. The smallest absolute Gasteiger partial charge is 0.0695 e. The van der Waals surface area contributed by atoms with Crippen molar-refractivity contribution in [3.8, 4) is 0 Å². The molecule has 2 nitrogen and oxygen atoms in total. The second-order valence-electron chi connectivity index (χ2n) is 8.35. The lowest BCUT2D eigenvalue weighted by Crippen LogP contribution is -2.49. The molecule has 1 rings (SSSR count). The molecule has 21 heavy (non-hydrogen) atoms. The molecule has 0 radical (unpaired) electrons. The molecule has 2 heteroatoms.